The molecule has 1 N–H and O–H groups in total. The van der Waals surface area contributed by atoms with Crippen LogP contribution in [0.1, 0.15) is 18.5 Å². The number of aromatic nitrogens is 1. The maximum Gasteiger partial charge on any atom is 0.0820 e. The number of pyridine rings is 1. The molecule has 2 rings (SSSR count). The molecule has 1 unspecified atom stereocenters. The van der Waals surface area contributed by atoms with Gasteiger partial charge in [0, 0.05) is 22.4 Å². The van der Waals surface area contributed by atoms with Crippen LogP contribution in [0.15, 0.2) is 36.7 Å². The first-order valence-electron chi connectivity index (χ1n) is 5.39. The van der Waals surface area contributed by atoms with Crippen molar-refractivity contribution in [2.24, 2.45) is 0 Å². The summed E-state index contributed by atoms with van der Waals surface area (Å²) in [6.45, 7) is 2.01. The number of nitrogens with one attached hydrogen (secondary N) is 1. The zero-order chi connectivity index (χ0) is 13.1. The Morgan fingerprint density at radius 2 is 1.89 bits per heavy atom. The summed E-state index contributed by atoms with van der Waals surface area (Å²) in [5.74, 6) is 0. The summed E-state index contributed by atoms with van der Waals surface area (Å²) in [6.07, 6.45) is 3.28. The first kappa shape index (κ1) is 13.5. The van der Waals surface area contributed by atoms with Crippen molar-refractivity contribution in [1.82, 2.24) is 4.98 Å². The van der Waals surface area contributed by atoms with E-state index in [2.05, 4.69) is 10.3 Å². The van der Waals surface area contributed by atoms with Gasteiger partial charge in [-0.3, -0.25) is 4.98 Å². The Morgan fingerprint density at radius 1 is 1.11 bits per heavy atom. The van der Waals surface area contributed by atoms with Gasteiger partial charge in [0.05, 0.1) is 16.8 Å². The third-order valence-corrected chi connectivity index (χ3v) is 3.44. The van der Waals surface area contributed by atoms with Crippen molar-refractivity contribution >= 4 is 40.5 Å². The van der Waals surface area contributed by atoms with Crippen molar-refractivity contribution < 1.29 is 0 Å². The van der Waals surface area contributed by atoms with Crippen LogP contribution < -0.4 is 5.32 Å². The predicted octanol–water partition coefficient (Wildman–Crippen LogP) is 5.21. The second-order valence-corrected chi connectivity index (χ2v) is 5.14. The van der Waals surface area contributed by atoms with E-state index in [1.165, 1.54) is 0 Å². The molecule has 0 aliphatic rings. The molecular formula is C13H11Cl3N2. The lowest BCUT2D eigenvalue weighted by Gasteiger charge is -2.17. The minimum absolute atomic E-state index is 0.0228. The van der Waals surface area contributed by atoms with Crippen LogP contribution in [0.5, 0.6) is 0 Å². The number of hydrogen-bond acceptors (Lipinski definition) is 2. The largest absolute Gasteiger partial charge is 0.377 e. The molecule has 18 heavy (non-hydrogen) atoms. The summed E-state index contributed by atoms with van der Waals surface area (Å²) in [6, 6.07) is 7.29. The molecule has 2 aromatic rings. The summed E-state index contributed by atoms with van der Waals surface area (Å²) in [7, 11) is 0. The summed E-state index contributed by atoms with van der Waals surface area (Å²) in [5, 5.41) is 5.12. The van der Waals surface area contributed by atoms with Gasteiger partial charge >= 0.3 is 0 Å². The monoisotopic (exact) mass is 300 g/mol. The average Bonchev–Trinajstić information content (AvgIpc) is 2.32. The fourth-order valence-electron chi connectivity index (χ4n) is 1.66. The number of rotatable bonds is 3. The molecular weight excluding hydrogens is 291 g/mol. The summed E-state index contributed by atoms with van der Waals surface area (Å²) in [4.78, 5) is 3.94. The Labute approximate surface area is 121 Å². The van der Waals surface area contributed by atoms with Gasteiger partial charge in [-0.1, -0.05) is 40.9 Å². The second-order valence-electron chi connectivity index (χ2n) is 3.89. The van der Waals surface area contributed by atoms with E-state index < -0.39 is 0 Å². The van der Waals surface area contributed by atoms with Crippen LogP contribution in [-0.2, 0) is 0 Å². The van der Waals surface area contributed by atoms with Crippen LogP contribution in [0.2, 0.25) is 15.1 Å². The van der Waals surface area contributed by atoms with Crippen LogP contribution in [0.3, 0.4) is 0 Å². The van der Waals surface area contributed by atoms with E-state index in [4.69, 9.17) is 34.8 Å². The maximum atomic E-state index is 6.16. The molecule has 1 aromatic carbocycles. The number of anilines is 1. The molecule has 0 radical (unpaired) electrons. The Bertz CT molecular complexity index is 558. The average molecular weight is 302 g/mol. The normalized spacial score (nSPS) is 12.2. The lowest BCUT2D eigenvalue weighted by molar-refractivity contribution is 0.884. The van der Waals surface area contributed by atoms with E-state index in [0.29, 0.717) is 15.1 Å². The summed E-state index contributed by atoms with van der Waals surface area (Å²) in [5.41, 5.74) is 1.79. The molecule has 94 valence electrons. The van der Waals surface area contributed by atoms with Gasteiger partial charge in [0.1, 0.15) is 0 Å². The number of benzene rings is 1. The zero-order valence-corrected chi connectivity index (χ0v) is 11.9. The quantitative estimate of drug-likeness (QED) is 0.841. The Balaban J connectivity index is 2.22. The number of hydrogen-bond donors (Lipinski definition) is 1. The zero-order valence-electron chi connectivity index (χ0n) is 9.62. The molecule has 0 aliphatic carbocycles. The van der Waals surface area contributed by atoms with Gasteiger partial charge in [-0.05, 0) is 30.7 Å². The predicted molar refractivity (Wildman–Crippen MR) is 77.7 cm³/mol. The first-order chi connectivity index (χ1) is 8.58. The van der Waals surface area contributed by atoms with Crippen molar-refractivity contribution in [2.45, 2.75) is 13.0 Å². The minimum atomic E-state index is 0.0228. The van der Waals surface area contributed by atoms with Crippen molar-refractivity contribution in [3.05, 3.63) is 57.3 Å². The van der Waals surface area contributed by atoms with Gasteiger partial charge in [0.25, 0.3) is 0 Å². The van der Waals surface area contributed by atoms with Crippen LogP contribution in [0.4, 0.5) is 5.69 Å². The van der Waals surface area contributed by atoms with Gasteiger partial charge < -0.3 is 5.32 Å². The molecule has 1 aromatic heterocycles. The molecule has 1 heterocycles. The molecule has 0 aliphatic heterocycles. The highest BCUT2D eigenvalue weighted by atomic mass is 35.5. The van der Waals surface area contributed by atoms with E-state index in [0.717, 1.165) is 11.3 Å². The lowest BCUT2D eigenvalue weighted by atomic mass is 10.1. The first-order valence-corrected chi connectivity index (χ1v) is 6.52. The molecule has 5 heteroatoms. The number of halogens is 3. The summed E-state index contributed by atoms with van der Waals surface area (Å²) < 4.78 is 0. The molecule has 0 fully saturated rings. The molecule has 2 nitrogen and oxygen atoms in total. The van der Waals surface area contributed by atoms with Crippen LogP contribution in [0.25, 0.3) is 0 Å². The highest BCUT2D eigenvalue weighted by molar-refractivity contribution is 6.35. The smallest absolute Gasteiger partial charge is 0.0820 e. The van der Waals surface area contributed by atoms with Crippen molar-refractivity contribution in [1.29, 1.82) is 0 Å². The topological polar surface area (TPSA) is 24.9 Å². The van der Waals surface area contributed by atoms with E-state index in [-0.39, 0.29) is 6.04 Å². The fourth-order valence-corrected chi connectivity index (χ4v) is 2.40. The summed E-state index contributed by atoms with van der Waals surface area (Å²) >= 11 is 18.1. The van der Waals surface area contributed by atoms with Crippen molar-refractivity contribution in [3.8, 4) is 0 Å². The van der Waals surface area contributed by atoms with Crippen molar-refractivity contribution in [3.63, 3.8) is 0 Å². The Morgan fingerprint density at radius 3 is 2.56 bits per heavy atom. The van der Waals surface area contributed by atoms with Gasteiger partial charge in [0.2, 0.25) is 0 Å². The fraction of sp³-hybridized carbons (Fsp3) is 0.154. The van der Waals surface area contributed by atoms with Gasteiger partial charge in [-0.25, -0.2) is 0 Å². The molecule has 0 saturated carbocycles. The van der Waals surface area contributed by atoms with E-state index in [9.17, 15) is 0 Å². The van der Waals surface area contributed by atoms with Gasteiger partial charge in [-0.2, -0.15) is 0 Å². The Kier molecular flexibility index (Phi) is 4.33. The van der Waals surface area contributed by atoms with Crippen LogP contribution >= 0.6 is 34.8 Å². The lowest BCUT2D eigenvalue weighted by Crippen LogP contribution is -2.07. The minimum Gasteiger partial charge on any atom is -0.377 e. The van der Waals surface area contributed by atoms with E-state index >= 15 is 0 Å². The van der Waals surface area contributed by atoms with Crippen LogP contribution in [0, 0.1) is 0 Å². The standard InChI is InChI=1S/C13H11Cl3N2/c1-8(10-3-2-9(14)6-11(10)15)18-13-4-5-17-7-12(13)16/h2-8H,1H3,(H,17,18). The molecule has 0 amide bonds. The van der Waals surface area contributed by atoms with E-state index in [1.807, 2.05) is 25.1 Å². The third-order valence-electron chi connectivity index (χ3n) is 2.57. The number of nitrogens with zero attached hydrogens (tertiary/aromatic N) is 1. The second kappa shape index (κ2) is 5.79. The van der Waals surface area contributed by atoms with Gasteiger partial charge in [-0.15, -0.1) is 0 Å². The maximum absolute atomic E-state index is 6.16. The van der Waals surface area contributed by atoms with E-state index in [1.54, 1.807) is 18.5 Å². The third kappa shape index (κ3) is 3.08. The Hall–Kier alpha value is -0.960. The molecule has 1 atom stereocenters. The van der Waals surface area contributed by atoms with Gasteiger partial charge in [0.15, 0.2) is 0 Å². The molecule has 0 bridgehead atoms. The van der Waals surface area contributed by atoms with Crippen molar-refractivity contribution in [2.75, 3.05) is 5.32 Å². The SMILES string of the molecule is CC(Nc1ccncc1Cl)c1ccc(Cl)cc1Cl. The molecule has 0 spiro atoms. The highest BCUT2D eigenvalue weighted by Crippen LogP contribution is 2.30. The molecule has 0 saturated heterocycles. The van der Waals surface area contributed by atoms with Crippen LogP contribution in [-0.4, -0.2) is 4.98 Å². The highest BCUT2D eigenvalue weighted by Gasteiger charge is 2.11.